The highest BCUT2D eigenvalue weighted by molar-refractivity contribution is 5.57. The quantitative estimate of drug-likeness (QED) is 0.781. The summed E-state index contributed by atoms with van der Waals surface area (Å²) in [5.74, 6) is 0. The van der Waals surface area contributed by atoms with Crippen molar-refractivity contribution in [2.75, 3.05) is 13.1 Å². The van der Waals surface area contributed by atoms with Crippen LogP contribution < -0.4 is 0 Å². The van der Waals surface area contributed by atoms with Crippen LogP contribution in [0.1, 0.15) is 12.8 Å². The lowest BCUT2D eigenvalue weighted by Gasteiger charge is -2.19. The maximum atomic E-state index is 8.70. The predicted molar refractivity (Wildman–Crippen MR) is 79.7 cm³/mol. The van der Waals surface area contributed by atoms with E-state index in [1.165, 1.54) is 0 Å². The Bertz CT molecular complexity index is 615. The van der Waals surface area contributed by atoms with Crippen molar-refractivity contribution >= 4 is 0 Å². The van der Waals surface area contributed by atoms with Crippen LogP contribution in [0, 0.1) is 22.7 Å². The number of aromatic nitrogens is 2. The Hall–Kier alpha value is -2.63. The van der Waals surface area contributed by atoms with Gasteiger partial charge < -0.3 is 0 Å². The smallest absolute Gasteiger partial charge is 0.0929 e. The van der Waals surface area contributed by atoms with Gasteiger partial charge in [-0.2, -0.15) is 15.6 Å². The molecule has 5 heteroatoms. The zero-order valence-corrected chi connectivity index (χ0v) is 11.8. The highest BCUT2D eigenvalue weighted by Gasteiger charge is 2.07. The van der Waals surface area contributed by atoms with Crippen LogP contribution in [-0.4, -0.2) is 27.8 Å². The summed E-state index contributed by atoms with van der Waals surface area (Å²) in [6.07, 6.45) is 2.84. The van der Waals surface area contributed by atoms with Crippen molar-refractivity contribution in [2.24, 2.45) is 0 Å². The number of hydrogen-bond donors (Lipinski definition) is 0. The maximum absolute atomic E-state index is 8.70. The summed E-state index contributed by atoms with van der Waals surface area (Å²) < 4.78 is 1.84. The number of nitrogens with zero attached hydrogens (tertiary/aromatic N) is 5. The minimum atomic E-state index is 0.457. The first-order chi connectivity index (χ1) is 10.3. The number of benzene rings is 1. The van der Waals surface area contributed by atoms with Crippen molar-refractivity contribution in [3.05, 3.63) is 42.6 Å². The van der Waals surface area contributed by atoms with Gasteiger partial charge in [0.15, 0.2) is 0 Å². The maximum Gasteiger partial charge on any atom is 0.0929 e. The summed E-state index contributed by atoms with van der Waals surface area (Å²) >= 11 is 0. The van der Waals surface area contributed by atoms with Gasteiger partial charge in [-0.3, -0.25) is 9.58 Å². The molecule has 0 saturated heterocycles. The minimum absolute atomic E-state index is 0.457. The summed E-state index contributed by atoms with van der Waals surface area (Å²) in [7, 11) is 0. The fourth-order valence-corrected chi connectivity index (χ4v) is 2.08. The molecule has 0 radical (unpaired) electrons. The van der Waals surface area contributed by atoms with Crippen LogP contribution in [0.3, 0.4) is 0 Å². The zero-order valence-electron chi connectivity index (χ0n) is 11.8. The summed E-state index contributed by atoms with van der Waals surface area (Å²) in [5, 5.41) is 21.9. The Labute approximate surface area is 124 Å². The van der Waals surface area contributed by atoms with Crippen molar-refractivity contribution in [1.82, 2.24) is 14.7 Å². The molecule has 0 aliphatic carbocycles. The van der Waals surface area contributed by atoms with E-state index in [1.807, 2.05) is 47.3 Å². The van der Waals surface area contributed by atoms with E-state index in [9.17, 15) is 0 Å². The van der Waals surface area contributed by atoms with Gasteiger partial charge in [-0.1, -0.05) is 30.3 Å². The molecular formula is C16H17N5. The Morgan fingerprint density at radius 1 is 1.00 bits per heavy atom. The summed E-state index contributed by atoms with van der Waals surface area (Å²) in [6.45, 7) is 1.90. The molecule has 0 N–H and O–H groups in total. The van der Waals surface area contributed by atoms with Gasteiger partial charge >= 0.3 is 0 Å². The Kier molecular flexibility index (Phi) is 5.51. The molecule has 0 bridgehead atoms. The van der Waals surface area contributed by atoms with Gasteiger partial charge in [-0.25, -0.2) is 0 Å². The van der Waals surface area contributed by atoms with Crippen molar-refractivity contribution in [3.63, 3.8) is 0 Å². The van der Waals surface area contributed by atoms with Gasteiger partial charge in [0.05, 0.1) is 24.5 Å². The van der Waals surface area contributed by atoms with E-state index < -0.39 is 0 Å². The van der Waals surface area contributed by atoms with Gasteiger partial charge in [-0.05, 0) is 6.07 Å². The lowest BCUT2D eigenvalue weighted by Crippen LogP contribution is -2.28. The van der Waals surface area contributed by atoms with E-state index in [4.69, 9.17) is 10.5 Å². The normalized spacial score (nSPS) is 10.2. The average Bonchev–Trinajstić information content (AvgIpc) is 2.99. The van der Waals surface area contributed by atoms with E-state index >= 15 is 0 Å². The van der Waals surface area contributed by atoms with Crippen molar-refractivity contribution < 1.29 is 0 Å². The van der Waals surface area contributed by atoms with Gasteiger partial charge in [-0.15, -0.1) is 0 Å². The van der Waals surface area contributed by atoms with Crippen LogP contribution in [0.2, 0.25) is 0 Å². The molecule has 1 aromatic heterocycles. The zero-order chi connectivity index (χ0) is 14.9. The second kappa shape index (κ2) is 7.84. The lowest BCUT2D eigenvalue weighted by molar-refractivity contribution is 0.216. The van der Waals surface area contributed by atoms with Crippen LogP contribution in [0.5, 0.6) is 0 Å². The van der Waals surface area contributed by atoms with Crippen molar-refractivity contribution in [3.8, 4) is 23.4 Å². The first-order valence-corrected chi connectivity index (χ1v) is 6.88. The largest absolute Gasteiger partial charge is 0.282 e. The van der Waals surface area contributed by atoms with Crippen LogP contribution in [0.4, 0.5) is 0 Å². The van der Waals surface area contributed by atoms with Gasteiger partial charge in [0, 0.05) is 37.7 Å². The Morgan fingerprint density at radius 2 is 1.67 bits per heavy atom. The molecule has 0 unspecified atom stereocenters. The van der Waals surface area contributed by atoms with Crippen LogP contribution >= 0.6 is 0 Å². The van der Waals surface area contributed by atoms with Crippen LogP contribution in [0.15, 0.2) is 42.6 Å². The van der Waals surface area contributed by atoms with Gasteiger partial charge in [0.1, 0.15) is 0 Å². The van der Waals surface area contributed by atoms with Gasteiger partial charge in [0.25, 0.3) is 0 Å². The molecule has 2 rings (SSSR count). The molecule has 1 aromatic carbocycles. The molecule has 0 aliphatic rings. The SMILES string of the molecule is N#CCCN(CCC#N)Cn1ccc(-c2ccccc2)n1. The van der Waals surface area contributed by atoms with Crippen LogP contribution in [0.25, 0.3) is 11.3 Å². The summed E-state index contributed by atoms with van der Waals surface area (Å²) in [6, 6.07) is 16.2. The molecule has 0 amide bonds. The molecule has 0 atom stereocenters. The van der Waals surface area contributed by atoms with Crippen molar-refractivity contribution in [2.45, 2.75) is 19.5 Å². The Morgan fingerprint density at radius 3 is 2.29 bits per heavy atom. The molecule has 106 valence electrons. The molecule has 5 nitrogen and oxygen atoms in total. The molecule has 0 saturated carbocycles. The van der Waals surface area contributed by atoms with E-state index in [0.717, 1.165) is 11.3 Å². The lowest BCUT2D eigenvalue weighted by atomic mass is 10.2. The standard InChI is InChI=1S/C16H17N5/c17-9-4-11-20(12-5-10-18)14-21-13-8-16(19-21)15-6-2-1-3-7-15/h1-3,6-8,13H,4-5,11-12,14H2. The van der Waals surface area contributed by atoms with Crippen molar-refractivity contribution in [1.29, 1.82) is 10.5 Å². The first-order valence-electron chi connectivity index (χ1n) is 6.88. The average molecular weight is 279 g/mol. The minimum Gasteiger partial charge on any atom is -0.282 e. The third-order valence-corrected chi connectivity index (χ3v) is 3.13. The number of rotatable bonds is 7. The molecule has 0 aliphatic heterocycles. The predicted octanol–water partition coefficient (Wildman–Crippen LogP) is 2.64. The second-order valence-electron chi connectivity index (χ2n) is 4.68. The van der Waals surface area contributed by atoms with Gasteiger partial charge in [0.2, 0.25) is 0 Å². The molecule has 1 heterocycles. The highest BCUT2D eigenvalue weighted by Crippen LogP contribution is 2.15. The van der Waals surface area contributed by atoms with E-state index in [1.54, 1.807) is 0 Å². The fraction of sp³-hybridized carbons (Fsp3) is 0.312. The molecule has 21 heavy (non-hydrogen) atoms. The molecule has 0 spiro atoms. The van der Waals surface area contributed by atoms with E-state index in [2.05, 4.69) is 22.1 Å². The second-order valence-corrected chi connectivity index (χ2v) is 4.68. The third-order valence-electron chi connectivity index (χ3n) is 3.13. The number of nitriles is 2. The van der Waals surface area contributed by atoms with E-state index in [0.29, 0.717) is 32.6 Å². The Balaban J connectivity index is 2.02. The summed E-state index contributed by atoms with van der Waals surface area (Å²) in [5.41, 5.74) is 2.01. The molecular weight excluding hydrogens is 262 g/mol. The summed E-state index contributed by atoms with van der Waals surface area (Å²) in [4.78, 5) is 2.06. The third kappa shape index (κ3) is 4.45. The van der Waals surface area contributed by atoms with Crippen LogP contribution in [-0.2, 0) is 6.67 Å². The highest BCUT2D eigenvalue weighted by atomic mass is 15.4. The topological polar surface area (TPSA) is 68.6 Å². The molecule has 2 aromatic rings. The first kappa shape index (κ1) is 14.8. The monoisotopic (exact) mass is 279 g/mol. The van der Waals surface area contributed by atoms with E-state index in [-0.39, 0.29) is 0 Å². The fourth-order valence-electron chi connectivity index (χ4n) is 2.08. The number of hydrogen-bond acceptors (Lipinski definition) is 4. The molecule has 0 fully saturated rings.